The van der Waals surface area contributed by atoms with Crippen LogP contribution in [0.1, 0.15) is 13.3 Å². The van der Waals surface area contributed by atoms with E-state index in [1.165, 1.54) is 23.1 Å². The molecule has 0 fully saturated rings. The van der Waals surface area contributed by atoms with E-state index in [2.05, 4.69) is 15.5 Å². The Labute approximate surface area is 112 Å². The maximum atomic E-state index is 11.2. The minimum absolute atomic E-state index is 0.180. The van der Waals surface area contributed by atoms with Gasteiger partial charge in [-0.05, 0) is 6.92 Å². The van der Waals surface area contributed by atoms with Gasteiger partial charge in [0, 0.05) is 13.0 Å². The zero-order valence-corrected chi connectivity index (χ0v) is 11.5. The molecule has 0 radical (unpaired) electrons. The zero-order chi connectivity index (χ0) is 13.4. The lowest BCUT2D eigenvalue weighted by molar-refractivity contribution is -0.139. The van der Waals surface area contributed by atoms with Gasteiger partial charge in [0.15, 0.2) is 4.34 Å². The normalized spacial score (nSPS) is 10.1. The largest absolute Gasteiger partial charge is 0.465 e. The van der Waals surface area contributed by atoms with Crippen molar-refractivity contribution in [1.82, 2.24) is 10.2 Å². The van der Waals surface area contributed by atoms with E-state index in [0.717, 1.165) is 0 Å². The van der Waals surface area contributed by atoms with Gasteiger partial charge in [-0.1, -0.05) is 23.1 Å². The Morgan fingerprint density at radius 1 is 1.50 bits per heavy atom. The first kappa shape index (κ1) is 14.9. The highest BCUT2D eigenvalue weighted by molar-refractivity contribution is 8.01. The number of carbonyl (C=O) groups excluding carboxylic acids is 2. The van der Waals surface area contributed by atoms with Crippen molar-refractivity contribution in [3.63, 3.8) is 0 Å². The first-order valence-electron chi connectivity index (χ1n) is 5.27. The summed E-state index contributed by atoms with van der Waals surface area (Å²) in [5, 5.41) is 10.6. The molecule has 0 aromatic carbocycles. The number of hydrogen-bond donors (Lipinski definition) is 2. The summed E-state index contributed by atoms with van der Waals surface area (Å²) in [7, 11) is 0. The molecule has 100 valence electrons. The Hall–Kier alpha value is -1.19. The van der Waals surface area contributed by atoms with Crippen molar-refractivity contribution >= 4 is 40.1 Å². The third-order valence-electron chi connectivity index (χ3n) is 1.64. The molecular formula is C9H14N4O3S2. The Morgan fingerprint density at radius 2 is 2.28 bits per heavy atom. The van der Waals surface area contributed by atoms with Crippen molar-refractivity contribution in [2.24, 2.45) is 5.73 Å². The molecule has 0 saturated heterocycles. The van der Waals surface area contributed by atoms with Crippen LogP contribution in [0.15, 0.2) is 4.34 Å². The van der Waals surface area contributed by atoms with E-state index in [1.807, 2.05) is 0 Å². The van der Waals surface area contributed by atoms with Crippen LogP contribution in [-0.2, 0) is 14.3 Å². The summed E-state index contributed by atoms with van der Waals surface area (Å²) in [6.07, 6.45) is 0.241. The fraction of sp³-hybridized carbons (Fsp3) is 0.556. The molecule has 0 bridgehead atoms. The summed E-state index contributed by atoms with van der Waals surface area (Å²) >= 11 is 2.43. The molecule has 9 heteroatoms. The number of thioether (sulfide) groups is 1. The quantitative estimate of drug-likeness (QED) is 0.427. The zero-order valence-electron chi connectivity index (χ0n) is 9.84. The number of anilines is 1. The van der Waals surface area contributed by atoms with Crippen LogP contribution in [0.25, 0.3) is 0 Å². The van der Waals surface area contributed by atoms with Crippen LogP contribution in [0.4, 0.5) is 5.13 Å². The predicted molar refractivity (Wildman–Crippen MR) is 69.6 cm³/mol. The minimum atomic E-state index is -0.300. The monoisotopic (exact) mass is 290 g/mol. The SMILES string of the molecule is CCOC(=O)CSc1nnc(NC(=O)CCN)s1. The summed E-state index contributed by atoms with van der Waals surface area (Å²) in [4.78, 5) is 22.4. The molecule has 0 spiro atoms. The van der Waals surface area contributed by atoms with Crippen molar-refractivity contribution in [1.29, 1.82) is 0 Å². The smallest absolute Gasteiger partial charge is 0.316 e. The number of amides is 1. The number of ether oxygens (including phenoxy) is 1. The van der Waals surface area contributed by atoms with Crippen LogP contribution in [0.3, 0.4) is 0 Å². The number of nitrogens with zero attached hydrogens (tertiary/aromatic N) is 2. The summed E-state index contributed by atoms with van der Waals surface area (Å²) in [5.41, 5.74) is 5.25. The Balaban J connectivity index is 2.38. The topological polar surface area (TPSA) is 107 Å². The van der Waals surface area contributed by atoms with E-state index in [0.29, 0.717) is 16.1 Å². The Kier molecular flexibility index (Phi) is 6.61. The second-order valence-electron chi connectivity index (χ2n) is 3.05. The van der Waals surface area contributed by atoms with Gasteiger partial charge in [0.05, 0.1) is 12.4 Å². The molecule has 0 atom stereocenters. The first-order valence-corrected chi connectivity index (χ1v) is 7.07. The van der Waals surface area contributed by atoms with Gasteiger partial charge in [0.1, 0.15) is 0 Å². The minimum Gasteiger partial charge on any atom is -0.465 e. The lowest BCUT2D eigenvalue weighted by atomic mass is 10.4. The average Bonchev–Trinajstić information content (AvgIpc) is 2.75. The van der Waals surface area contributed by atoms with Crippen LogP contribution >= 0.6 is 23.1 Å². The molecule has 7 nitrogen and oxygen atoms in total. The molecule has 1 aromatic rings. The van der Waals surface area contributed by atoms with E-state index in [1.54, 1.807) is 6.92 Å². The summed E-state index contributed by atoms with van der Waals surface area (Å²) < 4.78 is 5.38. The lowest BCUT2D eigenvalue weighted by Gasteiger charge is -1.98. The molecule has 3 N–H and O–H groups in total. The molecule has 0 aliphatic heterocycles. The van der Waals surface area contributed by atoms with Gasteiger partial charge < -0.3 is 15.8 Å². The molecule has 0 unspecified atom stereocenters. The van der Waals surface area contributed by atoms with E-state index in [-0.39, 0.29) is 30.6 Å². The molecule has 18 heavy (non-hydrogen) atoms. The fourth-order valence-corrected chi connectivity index (χ4v) is 2.52. The Bertz CT molecular complexity index is 410. The molecule has 0 aliphatic carbocycles. The number of nitrogens with two attached hydrogens (primary N) is 1. The van der Waals surface area contributed by atoms with Crippen LogP contribution in [-0.4, -0.2) is 41.0 Å². The van der Waals surface area contributed by atoms with Gasteiger partial charge in [-0.15, -0.1) is 10.2 Å². The molecule has 0 aliphatic rings. The molecule has 1 heterocycles. The van der Waals surface area contributed by atoms with Crippen LogP contribution in [0, 0.1) is 0 Å². The van der Waals surface area contributed by atoms with Crippen molar-refractivity contribution < 1.29 is 14.3 Å². The lowest BCUT2D eigenvalue weighted by Crippen LogP contribution is -2.15. The molecule has 1 aromatic heterocycles. The number of hydrogen-bond acceptors (Lipinski definition) is 8. The van der Waals surface area contributed by atoms with Crippen molar-refractivity contribution in [3.05, 3.63) is 0 Å². The molecule has 0 saturated carbocycles. The maximum absolute atomic E-state index is 11.2. The van der Waals surface area contributed by atoms with Gasteiger partial charge in [-0.3, -0.25) is 9.59 Å². The van der Waals surface area contributed by atoms with Crippen molar-refractivity contribution in [3.8, 4) is 0 Å². The van der Waals surface area contributed by atoms with E-state index in [9.17, 15) is 9.59 Å². The second-order valence-corrected chi connectivity index (χ2v) is 5.25. The number of nitrogens with one attached hydrogen (secondary N) is 1. The standard InChI is InChI=1S/C9H14N4O3S2/c1-2-16-7(15)5-17-9-13-12-8(18-9)11-6(14)3-4-10/h2-5,10H2,1H3,(H,11,12,14). The van der Waals surface area contributed by atoms with Gasteiger partial charge in [0.25, 0.3) is 0 Å². The molecule has 1 rings (SSSR count). The number of rotatable bonds is 7. The van der Waals surface area contributed by atoms with Gasteiger partial charge >= 0.3 is 5.97 Å². The van der Waals surface area contributed by atoms with E-state index >= 15 is 0 Å². The Morgan fingerprint density at radius 3 is 2.94 bits per heavy atom. The number of esters is 1. The number of aromatic nitrogens is 2. The average molecular weight is 290 g/mol. The third-order valence-corrected chi connectivity index (χ3v) is 3.59. The van der Waals surface area contributed by atoms with Crippen LogP contribution < -0.4 is 11.1 Å². The fourth-order valence-electron chi connectivity index (χ4n) is 0.955. The van der Waals surface area contributed by atoms with Crippen molar-refractivity contribution in [2.75, 3.05) is 24.2 Å². The predicted octanol–water partition coefficient (Wildman–Crippen LogP) is 0.481. The molecule has 1 amide bonds. The van der Waals surface area contributed by atoms with Crippen molar-refractivity contribution in [2.45, 2.75) is 17.7 Å². The highest BCUT2D eigenvalue weighted by atomic mass is 32.2. The van der Waals surface area contributed by atoms with Gasteiger partial charge in [-0.2, -0.15) is 0 Å². The van der Waals surface area contributed by atoms with Gasteiger partial charge in [0.2, 0.25) is 11.0 Å². The maximum Gasteiger partial charge on any atom is 0.316 e. The highest BCUT2D eigenvalue weighted by Gasteiger charge is 2.10. The number of carbonyl (C=O) groups is 2. The van der Waals surface area contributed by atoms with E-state index < -0.39 is 0 Å². The third kappa shape index (κ3) is 5.43. The van der Waals surface area contributed by atoms with E-state index in [4.69, 9.17) is 10.5 Å². The molecular weight excluding hydrogens is 276 g/mol. The van der Waals surface area contributed by atoms with Crippen LogP contribution in [0.2, 0.25) is 0 Å². The second kappa shape index (κ2) is 8.01. The summed E-state index contributed by atoms with van der Waals surface area (Å²) in [6.45, 7) is 2.39. The van der Waals surface area contributed by atoms with Crippen LogP contribution in [0.5, 0.6) is 0 Å². The highest BCUT2D eigenvalue weighted by Crippen LogP contribution is 2.25. The summed E-state index contributed by atoms with van der Waals surface area (Å²) in [6, 6.07) is 0. The summed E-state index contributed by atoms with van der Waals surface area (Å²) in [5.74, 6) is -0.318. The van der Waals surface area contributed by atoms with Gasteiger partial charge in [-0.25, -0.2) is 0 Å². The first-order chi connectivity index (χ1) is 8.65.